The largest absolute Gasteiger partial charge is 0.480 e. The first-order chi connectivity index (χ1) is 9.11. The van der Waals surface area contributed by atoms with Gasteiger partial charge in [0.15, 0.2) is 11.4 Å². The molecule has 0 saturated carbocycles. The van der Waals surface area contributed by atoms with Gasteiger partial charge in [-0.3, -0.25) is 0 Å². The van der Waals surface area contributed by atoms with Gasteiger partial charge in [0, 0.05) is 6.20 Å². The van der Waals surface area contributed by atoms with Crippen LogP contribution in [0.25, 0.3) is 0 Å². The van der Waals surface area contributed by atoms with Gasteiger partial charge < -0.3 is 14.6 Å². The van der Waals surface area contributed by atoms with Crippen LogP contribution in [-0.2, 0) is 0 Å². The highest BCUT2D eigenvalue weighted by Crippen LogP contribution is 2.26. The highest BCUT2D eigenvalue weighted by Gasteiger charge is 2.15. The molecule has 0 fully saturated rings. The van der Waals surface area contributed by atoms with E-state index in [1.165, 1.54) is 25.6 Å². The number of hydrogen-bond donors (Lipinski definition) is 1. The van der Waals surface area contributed by atoms with Crippen LogP contribution in [0.3, 0.4) is 0 Å². The Bertz CT molecular complexity index is 621. The molecule has 98 valence electrons. The second-order valence-electron chi connectivity index (χ2n) is 3.27. The molecule has 0 bridgehead atoms. The van der Waals surface area contributed by atoms with Crippen molar-refractivity contribution < 1.29 is 19.4 Å². The predicted octanol–water partition coefficient (Wildman–Crippen LogP) is 2.13. The summed E-state index contributed by atoms with van der Waals surface area (Å²) in [5, 5.41) is 8.97. The van der Waals surface area contributed by atoms with Crippen molar-refractivity contribution in [2.75, 3.05) is 7.11 Å². The van der Waals surface area contributed by atoms with Gasteiger partial charge in [-0.25, -0.2) is 14.8 Å². The first-order valence-corrected chi connectivity index (χ1v) is 5.84. The van der Waals surface area contributed by atoms with Crippen LogP contribution in [0.4, 0.5) is 0 Å². The Kier molecular flexibility index (Phi) is 3.91. The summed E-state index contributed by atoms with van der Waals surface area (Å²) in [6.07, 6.45) is 2.80. The molecule has 2 aromatic heterocycles. The Morgan fingerprint density at radius 3 is 2.89 bits per heavy atom. The lowest BCUT2D eigenvalue weighted by molar-refractivity contribution is 0.0687. The highest BCUT2D eigenvalue weighted by atomic mass is 79.9. The first kappa shape index (κ1) is 13.2. The molecule has 0 aliphatic rings. The lowest BCUT2D eigenvalue weighted by Crippen LogP contribution is -2.04. The maximum atomic E-state index is 11.0. The van der Waals surface area contributed by atoms with Crippen molar-refractivity contribution in [3.8, 4) is 17.6 Å². The van der Waals surface area contributed by atoms with Crippen molar-refractivity contribution in [3.05, 3.63) is 34.7 Å². The van der Waals surface area contributed by atoms with Crippen LogP contribution in [0.15, 0.2) is 29.0 Å². The van der Waals surface area contributed by atoms with E-state index in [4.69, 9.17) is 14.6 Å². The molecule has 2 rings (SSSR count). The summed E-state index contributed by atoms with van der Waals surface area (Å²) in [5.41, 5.74) is -0.215. The second kappa shape index (κ2) is 5.61. The number of aromatic nitrogens is 3. The zero-order valence-corrected chi connectivity index (χ0v) is 11.3. The second-order valence-corrected chi connectivity index (χ2v) is 4.12. The Hall–Kier alpha value is -2.22. The number of carboxylic acids is 1. The summed E-state index contributed by atoms with van der Waals surface area (Å²) in [6, 6.07) is 2.99. The Morgan fingerprint density at radius 1 is 1.42 bits per heavy atom. The Morgan fingerprint density at radius 2 is 2.21 bits per heavy atom. The monoisotopic (exact) mass is 325 g/mol. The molecule has 0 saturated heterocycles. The maximum absolute atomic E-state index is 11.0. The molecule has 0 spiro atoms. The average Bonchev–Trinajstić information content (AvgIpc) is 2.41. The number of rotatable bonds is 4. The Labute approximate surface area is 116 Å². The smallest absolute Gasteiger partial charge is 0.358 e. The van der Waals surface area contributed by atoms with Gasteiger partial charge in [0.2, 0.25) is 5.88 Å². The van der Waals surface area contributed by atoms with E-state index in [1.54, 1.807) is 6.07 Å². The molecule has 2 aromatic rings. The van der Waals surface area contributed by atoms with E-state index in [-0.39, 0.29) is 23.3 Å². The standard InChI is InChI=1S/C11H8BrN3O4/c1-18-9-6(12)5-14-11(15-9)19-7-3-2-4-13-8(7)10(16)17/h2-5H,1H3,(H,16,17). The van der Waals surface area contributed by atoms with Gasteiger partial charge in [0.1, 0.15) is 0 Å². The van der Waals surface area contributed by atoms with Crippen molar-refractivity contribution >= 4 is 21.9 Å². The van der Waals surface area contributed by atoms with Gasteiger partial charge in [0.05, 0.1) is 17.8 Å². The van der Waals surface area contributed by atoms with Crippen LogP contribution in [0, 0.1) is 0 Å². The number of carboxylic acid groups (broad SMARTS) is 1. The van der Waals surface area contributed by atoms with Crippen molar-refractivity contribution in [2.45, 2.75) is 0 Å². The molecule has 0 unspecified atom stereocenters. The third kappa shape index (κ3) is 2.97. The van der Waals surface area contributed by atoms with Crippen LogP contribution in [-0.4, -0.2) is 33.1 Å². The van der Waals surface area contributed by atoms with Gasteiger partial charge in [-0.1, -0.05) is 0 Å². The van der Waals surface area contributed by atoms with E-state index in [0.29, 0.717) is 4.47 Å². The van der Waals surface area contributed by atoms with E-state index in [0.717, 1.165) is 0 Å². The lowest BCUT2D eigenvalue weighted by Gasteiger charge is -2.07. The molecule has 0 aliphatic carbocycles. The molecule has 1 N–H and O–H groups in total. The van der Waals surface area contributed by atoms with E-state index in [2.05, 4.69) is 30.9 Å². The number of pyridine rings is 1. The number of halogens is 1. The van der Waals surface area contributed by atoms with E-state index < -0.39 is 5.97 Å². The van der Waals surface area contributed by atoms with Gasteiger partial charge in [0.25, 0.3) is 0 Å². The fourth-order valence-corrected chi connectivity index (χ4v) is 1.61. The fraction of sp³-hybridized carbons (Fsp3) is 0.0909. The fourth-order valence-electron chi connectivity index (χ4n) is 1.26. The van der Waals surface area contributed by atoms with Crippen molar-refractivity contribution in [1.29, 1.82) is 0 Å². The normalized spacial score (nSPS) is 10.0. The number of hydrogen-bond acceptors (Lipinski definition) is 6. The summed E-state index contributed by atoms with van der Waals surface area (Å²) >= 11 is 3.20. The Balaban J connectivity index is 2.34. The number of ether oxygens (including phenoxy) is 2. The minimum Gasteiger partial charge on any atom is -0.480 e. The molecule has 7 nitrogen and oxygen atoms in total. The van der Waals surface area contributed by atoms with Gasteiger partial charge in [-0.2, -0.15) is 4.98 Å². The third-order valence-corrected chi connectivity index (χ3v) is 2.60. The minimum atomic E-state index is -1.19. The van der Waals surface area contributed by atoms with Crippen molar-refractivity contribution in [2.24, 2.45) is 0 Å². The lowest BCUT2D eigenvalue weighted by atomic mass is 10.3. The number of nitrogens with zero attached hydrogens (tertiary/aromatic N) is 3. The van der Waals surface area contributed by atoms with Gasteiger partial charge in [-0.05, 0) is 28.1 Å². The number of aromatic carboxylic acids is 1. The zero-order valence-electron chi connectivity index (χ0n) is 9.70. The van der Waals surface area contributed by atoms with Gasteiger partial charge in [-0.15, -0.1) is 0 Å². The predicted molar refractivity (Wildman–Crippen MR) is 67.6 cm³/mol. The molecular formula is C11H8BrN3O4. The van der Waals surface area contributed by atoms with Crippen LogP contribution >= 0.6 is 15.9 Å². The zero-order chi connectivity index (χ0) is 13.8. The number of carbonyl (C=O) groups is 1. The summed E-state index contributed by atoms with van der Waals surface area (Å²) < 4.78 is 10.9. The van der Waals surface area contributed by atoms with Crippen LogP contribution < -0.4 is 9.47 Å². The molecular weight excluding hydrogens is 318 g/mol. The summed E-state index contributed by atoms with van der Waals surface area (Å²) in [6.45, 7) is 0. The minimum absolute atomic E-state index is 0.0319. The van der Waals surface area contributed by atoms with Crippen molar-refractivity contribution in [1.82, 2.24) is 15.0 Å². The van der Waals surface area contributed by atoms with Crippen LogP contribution in [0.2, 0.25) is 0 Å². The van der Waals surface area contributed by atoms with E-state index >= 15 is 0 Å². The van der Waals surface area contributed by atoms with Crippen molar-refractivity contribution in [3.63, 3.8) is 0 Å². The molecule has 0 radical (unpaired) electrons. The molecule has 0 amide bonds. The third-order valence-electron chi connectivity index (χ3n) is 2.06. The molecule has 19 heavy (non-hydrogen) atoms. The molecule has 8 heteroatoms. The SMILES string of the molecule is COc1nc(Oc2cccnc2C(=O)O)ncc1Br. The maximum Gasteiger partial charge on any atom is 0.358 e. The quantitative estimate of drug-likeness (QED) is 0.919. The first-order valence-electron chi connectivity index (χ1n) is 5.04. The molecule has 0 aliphatic heterocycles. The van der Waals surface area contributed by atoms with E-state index in [9.17, 15) is 4.79 Å². The van der Waals surface area contributed by atoms with Crippen LogP contribution in [0.5, 0.6) is 17.6 Å². The van der Waals surface area contributed by atoms with E-state index in [1.807, 2.05) is 0 Å². The van der Waals surface area contributed by atoms with Gasteiger partial charge >= 0.3 is 12.0 Å². The van der Waals surface area contributed by atoms with Crippen LogP contribution in [0.1, 0.15) is 10.5 Å². The number of methoxy groups -OCH3 is 1. The highest BCUT2D eigenvalue weighted by molar-refractivity contribution is 9.10. The topological polar surface area (TPSA) is 94.4 Å². The summed E-state index contributed by atoms with van der Waals surface area (Å²) in [5.74, 6) is -0.857. The average molecular weight is 326 g/mol. The summed E-state index contributed by atoms with van der Waals surface area (Å²) in [4.78, 5) is 22.6. The summed E-state index contributed by atoms with van der Waals surface area (Å²) in [7, 11) is 1.45. The molecule has 2 heterocycles. The molecule has 0 aromatic carbocycles. The molecule has 0 atom stereocenters.